The Morgan fingerprint density at radius 3 is 2.97 bits per heavy atom. The molecule has 2 N–H and O–H groups in total. The largest absolute Gasteiger partial charge is 0.391 e. The number of hydrogen-bond acceptors (Lipinski definition) is 5. The van der Waals surface area contributed by atoms with Crippen molar-refractivity contribution in [3.63, 3.8) is 0 Å². The monoisotopic (exact) mass is 446 g/mol. The van der Waals surface area contributed by atoms with E-state index >= 15 is 0 Å². The number of carbonyl (C=O) groups excluding carboxylic acids is 1. The van der Waals surface area contributed by atoms with Gasteiger partial charge < -0.3 is 20.2 Å². The van der Waals surface area contributed by atoms with Gasteiger partial charge in [-0.1, -0.05) is 0 Å². The second-order valence-electron chi connectivity index (χ2n) is 7.72. The van der Waals surface area contributed by atoms with E-state index in [9.17, 15) is 18.7 Å². The second kappa shape index (κ2) is 8.01. The van der Waals surface area contributed by atoms with Crippen LogP contribution in [0.4, 0.5) is 25.1 Å². The first-order valence-corrected chi connectivity index (χ1v) is 10.2. The molecule has 0 aliphatic carbocycles. The van der Waals surface area contributed by atoms with Gasteiger partial charge in [0.25, 0.3) is 0 Å². The van der Waals surface area contributed by atoms with Gasteiger partial charge in [0.05, 0.1) is 27.1 Å². The van der Waals surface area contributed by atoms with Gasteiger partial charge in [0.2, 0.25) is 0 Å². The summed E-state index contributed by atoms with van der Waals surface area (Å²) in [6.45, 7) is -0.639. The second-order valence-corrected chi connectivity index (χ2v) is 7.72. The van der Waals surface area contributed by atoms with Crippen molar-refractivity contribution < 1.29 is 24.2 Å². The van der Waals surface area contributed by atoms with Crippen molar-refractivity contribution in [1.82, 2.24) is 19.5 Å². The summed E-state index contributed by atoms with van der Waals surface area (Å²) < 4.78 is 63.3. The number of amides is 2. The van der Waals surface area contributed by atoms with E-state index in [1.165, 1.54) is 17.6 Å². The number of carbonyl (C=O) groups is 1. The van der Waals surface area contributed by atoms with Gasteiger partial charge in [-0.25, -0.2) is 23.1 Å². The van der Waals surface area contributed by atoms with Crippen molar-refractivity contribution >= 4 is 23.2 Å². The van der Waals surface area contributed by atoms with Crippen LogP contribution >= 0.6 is 0 Å². The van der Waals surface area contributed by atoms with Crippen LogP contribution in [0.3, 0.4) is 0 Å². The molecule has 0 bridgehead atoms. The molecule has 3 aromatic rings. The fourth-order valence-corrected chi connectivity index (χ4v) is 4.03. The van der Waals surface area contributed by atoms with Crippen LogP contribution in [0.2, 0.25) is 0 Å². The third-order valence-electron chi connectivity index (χ3n) is 5.71. The van der Waals surface area contributed by atoms with E-state index in [1.54, 1.807) is 17.2 Å². The zero-order chi connectivity index (χ0) is 26.0. The summed E-state index contributed by atoms with van der Waals surface area (Å²) in [6, 6.07) is 0.131. The highest BCUT2D eigenvalue weighted by atomic mass is 19.1. The molecule has 1 aromatic carbocycles. The molecule has 8 nitrogen and oxygen atoms in total. The predicted molar refractivity (Wildman–Crippen MR) is 114 cm³/mol. The normalized spacial score (nSPS) is 31.3. The summed E-state index contributed by atoms with van der Waals surface area (Å²) in [5.41, 5.74) is 0.177. The van der Waals surface area contributed by atoms with Crippen LogP contribution < -0.4 is 10.2 Å². The molecule has 168 valence electrons. The summed E-state index contributed by atoms with van der Waals surface area (Å²) in [7, 11) is 0. The lowest BCUT2D eigenvalue weighted by Crippen LogP contribution is -2.40. The standard InChI is InChI=1S/C22H24F2N6O2/c1-13-19(31)6-9-28(13)22(32)26-17-12-25-30-10-7-20(27-21(17)30)29-8-2-3-18(29)15-11-14(23)4-5-16(15)24/h4-5,7,10-13,18-19,31H,2-3,6,8-9H2,1H3,(H,26,32)/t13?,18-,19+/m1/s1/i9D2,13D,18D. The Morgan fingerprint density at radius 2 is 2.19 bits per heavy atom. The maximum atomic E-state index is 14.6. The Morgan fingerprint density at radius 1 is 1.34 bits per heavy atom. The van der Waals surface area contributed by atoms with E-state index in [0.717, 1.165) is 18.2 Å². The van der Waals surface area contributed by atoms with Crippen LogP contribution in [0.25, 0.3) is 5.65 Å². The lowest BCUT2D eigenvalue weighted by atomic mass is 10.0. The molecule has 2 saturated heterocycles. The van der Waals surface area contributed by atoms with Gasteiger partial charge in [0.15, 0.2) is 5.65 Å². The van der Waals surface area contributed by atoms with Crippen LogP contribution in [0.15, 0.2) is 36.7 Å². The number of urea groups is 1. The van der Waals surface area contributed by atoms with Crippen LogP contribution in [-0.4, -0.2) is 55.8 Å². The number of rotatable bonds is 3. The van der Waals surface area contributed by atoms with E-state index in [2.05, 4.69) is 15.4 Å². The number of fused-ring (bicyclic) bond motifs is 1. The molecule has 2 fully saturated rings. The molecule has 4 heterocycles. The van der Waals surface area contributed by atoms with Crippen LogP contribution in [0.5, 0.6) is 0 Å². The predicted octanol–water partition coefficient (Wildman–Crippen LogP) is 3.34. The Kier molecular flexibility index (Phi) is 4.10. The molecule has 2 amide bonds. The molecule has 2 aliphatic heterocycles. The van der Waals surface area contributed by atoms with Gasteiger partial charge in [-0.15, -0.1) is 0 Å². The SMILES string of the molecule is [2H]C1([2H])C[C@H](O)C([2H])(C)N1C(=O)Nc1cnn2ccc(N3CCC[C@]3([2H])c3cc(F)ccc3F)nc12. The summed E-state index contributed by atoms with van der Waals surface area (Å²) in [5, 5.41) is 16.7. The first kappa shape index (κ1) is 16.4. The molecule has 1 unspecified atom stereocenters. The average molecular weight is 446 g/mol. The van der Waals surface area contributed by atoms with Crippen molar-refractivity contribution in [2.45, 2.75) is 44.3 Å². The highest BCUT2D eigenvalue weighted by molar-refractivity contribution is 5.93. The molecular weight excluding hydrogens is 418 g/mol. The lowest BCUT2D eigenvalue weighted by molar-refractivity contribution is 0.135. The molecule has 3 atom stereocenters. The van der Waals surface area contributed by atoms with Crippen molar-refractivity contribution in [1.29, 1.82) is 0 Å². The Balaban J connectivity index is 1.49. The smallest absolute Gasteiger partial charge is 0.322 e. The Labute approximate surface area is 189 Å². The number of anilines is 2. The maximum Gasteiger partial charge on any atom is 0.322 e. The molecular formula is C22H24F2N6O2. The molecule has 0 saturated carbocycles. The number of hydrogen-bond donors (Lipinski definition) is 2. The molecule has 10 heteroatoms. The van der Waals surface area contributed by atoms with E-state index < -0.39 is 48.7 Å². The van der Waals surface area contributed by atoms with Gasteiger partial charge in [-0.2, -0.15) is 5.10 Å². The zero-order valence-electron chi connectivity index (χ0n) is 21.2. The van der Waals surface area contributed by atoms with Gasteiger partial charge in [0.1, 0.15) is 23.1 Å². The number of likely N-dealkylation sites (tertiary alicyclic amines) is 1. The zero-order valence-corrected chi connectivity index (χ0v) is 17.2. The number of aliphatic hydroxyl groups excluding tert-OH is 1. The summed E-state index contributed by atoms with van der Waals surface area (Å²) in [4.78, 5) is 19.7. The van der Waals surface area contributed by atoms with Gasteiger partial charge in [-0.3, -0.25) is 0 Å². The lowest BCUT2D eigenvalue weighted by Gasteiger charge is -2.26. The fourth-order valence-electron chi connectivity index (χ4n) is 4.03. The molecule has 32 heavy (non-hydrogen) atoms. The number of nitrogens with zero attached hydrogens (tertiary/aromatic N) is 5. The van der Waals surface area contributed by atoms with E-state index in [4.69, 9.17) is 5.48 Å². The van der Waals surface area contributed by atoms with E-state index in [1.807, 2.05) is 0 Å². The average Bonchev–Trinajstić information content (AvgIpc) is 3.42. The minimum atomic E-state index is -2.25. The Bertz CT molecular complexity index is 1360. The quantitative estimate of drug-likeness (QED) is 0.645. The van der Waals surface area contributed by atoms with Crippen LogP contribution in [0, 0.1) is 11.6 Å². The first-order chi connectivity index (χ1) is 16.8. The van der Waals surface area contributed by atoms with Crippen LogP contribution in [0.1, 0.15) is 43.3 Å². The highest BCUT2D eigenvalue weighted by Crippen LogP contribution is 2.37. The van der Waals surface area contributed by atoms with E-state index in [0.29, 0.717) is 17.9 Å². The molecule has 2 aromatic heterocycles. The van der Waals surface area contributed by atoms with Gasteiger partial charge in [0, 0.05) is 27.5 Å². The van der Waals surface area contributed by atoms with Crippen LogP contribution in [-0.2, 0) is 0 Å². The number of aromatic nitrogens is 3. The number of halogens is 2. The third-order valence-corrected chi connectivity index (χ3v) is 5.71. The topological polar surface area (TPSA) is 86.0 Å². The van der Waals surface area contributed by atoms with Crippen molar-refractivity contribution in [3.8, 4) is 0 Å². The van der Waals surface area contributed by atoms with Gasteiger partial charge in [-0.05, 0) is 50.5 Å². The van der Waals surface area contributed by atoms with Crippen molar-refractivity contribution in [3.05, 3.63) is 53.9 Å². The third kappa shape index (κ3) is 3.54. The minimum absolute atomic E-state index is 0.103. The molecule has 0 radical (unpaired) electrons. The number of nitrogens with one attached hydrogen (secondary N) is 1. The summed E-state index contributed by atoms with van der Waals surface area (Å²) in [6.07, 6.45) is 1.85. The highest BCUT2D eigenvalue weighted by Gasteiger charge is 2.33. The van der Waals surface area contributed by atoms with E-state index in [-0.39, 0.29) is 29.1 Å². The van der Waals surface area contributed by atoms with Crippen molar-refractivity contribution in [2.24, 2.45) is 0 Å². The summed E-state index contributed by atoms with van der Waals surface area (Å²) in [5.74, 6) is -1.06. The maximum absolute atomic E-state index is 14.6. The number of benzene rings is 1. The van der Waals surface area contributed by atoms with Gasteiger partial charge >= 0.3 is 6.03 Å². The molecule has 0 spiro atoms. The Hall–Kier alpha value is -3.27. The van der Waals surface area contributed by atoms with Crippen molar-refractivity contribution in [2.75, 3.05) is 23.3 Å². The molecule has 5 rings (SSSR count). The molecule has 2 aliphatic rings. The first-order valence-electron chi connectivity index (χ1n) is 12.2. The minimum Gasteiger partial charge on any atom is -0.391 e. The number of aliphatic hydroxyl groups is 1. The summed E-state index contributed by atoms with van der Waals surface area (Å²) >= 11 is 0. The fraction of sp³-hybridized carbons (Fsp3) is 0.409.